The zero-order valence-corrected chi connectivity index (χ0v) is 18.6. The maximum atomic E-state index is 12.3. The molecule has 0 unspecified atom stereocenters. The number of aromatic hydroxyl groups is 1. The van der Waals surface area contributed by atoms with E-state index in [1.54, 1.807) is 20.4 Å². The van der Waals surface area contributed by atoms with Gasteiger partial charge in [-0.15, -0.1) is 0 Å². The number of phenolic OH excluding ortho intramolecular Hbond substituents is 1. The van der Waals surface area contributed by atoms with Gasteiger partial charge >= 0.3 is 0 Å². The maximum absolute atomic E-state index is 12.3. The first-order chi connectivity index (χ1) is 16.5. The van der Waals surface area contributed by atoms with Gasteiger partial charge in [0.15, 0.2) is 0 Å². The number of aromatic nitrogens is 1. The molecule has 8 heteroatoms. The number of hydrogen-bond acceptors (Lipinski definition) is 6. The quantitative estimate of drug-likeness (QED) is 0.324. The predicted molar refractivity (Wildman–Crippen MR) is 128 cm³/mol. The summed E-state index contributed by atoms with van der Waals surface area (Å²) in [5, 5.41) is 23.7. The molecule has 0 radical (unpaired) electrons. The number of fused-ring (bicyclic) bond motifs is 1. The van der Waals surface area contributed by atoms with Crippen LogP contribution in [0.3, 0.4) is 0 Å². The Hall–Kier alpha value is -4.77. The van der Waals surface area contributed by atoms with Crippen LogP contribution < -0.4 is 14.9 Å². The van der Waals surface area contributed by atoms with Gasteiger partial charge in [-0.2, -0.15) is 10.4 Å². The lowest BCUT2D eigenvalue weighted by molar-refractivity contribution is 0.0955. The number of methoxy groups -OCH3 is 2. The van der Waals surface area contributed by atoms with Crippen molar-refractivity contribution >= 4 is 23.0 Å². The number of amides is 1. The molecule has 3 aromatic carbocycles. The second kappa shape index (κ2) is 9.79. The first-order valence-corrected chi connectivity index (χ1v) is 10.4. The number of phenols is 1. The Bertz CT molecular complexity index is 1410. The average Bonchev–Trinajstić information content (AvgIpc) is 3.27. The molecule has 1 aromatic heterocycles. The highest BCUT2D eigenvalue weighted by atomic mass is 16.5. The second-order valence-corrected chi connectivity index (χ2v) is 7.49. The van der Waals surface area contributed by atoms with Crippen LogP contribution in [0.25, 0.3) is 10.9 Å². The minimum absolute atomic E-state index is 0.0244. The third kappa shape index (κ3) is 4.69. The Balaban J connectivity index is 1.54. The summed E-state index contributed by atoms with van der Waals surface area (Å²) >= 11 is 0. The number of carbonyl (C=O) groups is 1. The molecule has 34 heavy (non-hydrogen) atoms. The molecule has 1 amide bonds. The van der Waals surface area contributed by atoms with Crippen molar-refractivity contribution in [2.24, 2.45) is 5.10 Å². The van der Waals surface area contributed by atoms with Crippen molar-refractivity contribution in [3.8, 4) is 23.3 Å². The van der Waals surface area contributed by atoms with E-state index in [0.717, 1.165) is 33.5 Å². The molecular weight excluding hydrogens is 432 g/mol. The summed E-state index contributed by atoms with van der Waals surface area (Å²) in [7, 11) is 3.25. The van der Waals surface area contributed by atoms with E-state index in [4.69, 9.17) is 14.7 Å². The van der Waals surface area contributed by atoms with Gasteiger partial charge in [0.25, 0.3) is 5.91 Å². The standard InChI is InChI=1S/C26H22N4O4/c1-33-21-10-17(11-22(13-21)34-2)16-30-9-8-23-19(4-3-5-24(23)30)15-28-29-26(32)18-6-7-25(31)20(12-18)14-27/h3-13,15,31H,16H2,1-2H3,(H,29,32). The minimum Gasteiger partial charge on any atom is -0.507 e. The molecule has 170 valence electrons. The number of hydrazone groups is 1. The average molecular weight is 454 g/mol. The molecule has 0 saturated heterocycles. The van der Waals surface area contributed by atoms with E-state index < -0.39 is 5.91 Å². The van der Waals surface area contributed by atoms with E-state index in [1.807, 2.05) is 54.7 Å². The third-order valence-electron chi connectivity index (χ3n) is 5.36. The monoisotopic (exact) mass is 454 g/mol. The highest BCUT2D eigenvalue weighted by Gasteiger charge is 2.10. The van der Waals surface area contributed by atoms with Crippen molar-refractivity contribution in [1.29, 1.82) is 5.26 Å². The fourth-order valence-electron chi connectivity index (χ4n) is 3.64. The summed E-state index contributed by atoms with van der Waals surface area (Å²) in [6, 6.07) is 19.5. The summed E-state index contributed by atoms with van der Waals surface area (Å²) in [5.74, 6) is 0.797. The number of benzene rings is 3. The Morgan fingerprint density at radius 1 is 1.12 bits per heavy atom. The Morgan fingerprint density at radius 2 is 1.88 bits per heavy atom. The molecule has 0 aliphatic heterocycles. The first-order valence-electron chi connectivity index (χ1n) is 10.4. The third-order valence-corrected chi connectivity index (χ3v) is 5.36. The van der Waals surface area contributed by atoms with Crippen LogP contribution in [0, 0.1) is 11.3 Å². The van der Waals surface area contributed by atoms with Gasteiger partial charge in [-0.25, -0.2) is 5.43 Å². The van der Waals surface area contributed by atoms with Crippen molar-refractivity contribution < 1.29 is 19.4 Å². The van der Waals surface area contributed by atoms with Crippen LogP contribution in [0.5, 0.6) is 17.2 Å². The maximum Gasteiger partial charge on any atom is 0.271 e. The van der Waals surface area contributed by atoms with Crippen molar-refractivity contribution in [2.45, 2.75) is 6.54 Å². The van der Waals surface area contributed by atoms with Gasteiger partial charge in [0.2, 0.25) is 0 Å². The van der Waals surface area contributed by atoms with E-state index in [9.17, 15) is 9.90 Å². The molecule has 0 spiro atoms. The minimum atomic E-state index is -0.482. The van der Waals surface area contributed by atoms with Gasteiger partial charge in [0.05, 0.1) is 26.0 Å². The molecule has 0 fully saturated rings. The molecule has 0 saturated carbocycles. The van der Waals surface area contributed by atoms with E-state index in [0.29, 0.717) is 6.54 Å². The molecule has 0 atom stereocenters. The van der Waals surface area contributed by atoms with Crippen molar-refractivity contribution in [2.75, 3.05) is 14.2 Å². The van der Waals surface area contributed by atoms with Crippen LogP contribution in [0.4, 0.5) is 0 Å². The first kappa shape index (κ1) is 22.4. The van der Waals surface area contributed by atoms with Gasteiger partial charge in [0, 0.05) is 40.8 Å². The molecule has 0 bridgehead atoms. The lowest BCUT2D eigenvalue weighted by Gasteiger charge is -2.10. The van der Waals surface area contributed by atoms with E-state index in [2.05, 4.69) is 15.1 Å². The van der Waals surface area contributed by atoms with Crippen molar-refractivity contribution in [3.63, 3.8) is 0 Å². The van der Waals surface area contributed by atoms with Gasteiger partial charge < -0.3 is 19.1 Å². The molecule has 4 rings (SSSR count). The number of carbonyl (C=O) groups excluding carboxylic acids is 1. The Morgan fingerprint density at radius 3 is 2.59 bits per heavy atom. The highest BCUT2D eigenvalue weighted by Crippen LogP contribution is 2.25. The molecule has 0 aliphatic rings. The Labute approximate surface area is 196 Å². The lowest BCUT2D eigenvalue weighted by Crippen LogP contribution is -2.17. The SMILES string of the molecule is COc1cc(Cn2ccc3c(C=NNC(=O)c4ccc(O)c(C#N)c4)cccc32)cc(OC)c1. The molecule has 1 heterocycles. The summed E-state index contributed by atoms with van der Waals surface area (Å²) in [4.78, 5) is 12.3. The fraction of sp³-hybridized carbons (Fsp3) is 0.115. The van der Waals surface area contributed by atoms with Crippen molar-refractivity contribution in [1.82, 2.24) is 9.99 Å². The van der Waals surface area contributed by atoms with Crippen LogP contribution in [0.15, 0.2) is 72.0 Å². The topological polar surface area (TPSA) is 109 Å². The molecule has 0 aliphatic carbocycles. The van der Waals surface area contributed by atoms with Gasteiger partial charge in [-0.1, -0.05) is 12.1 Å². The molecule has 2 N–H and O–H groups in total. The van der Waals surface area contributed by atoms with Crippen LogP contribution in [-0.2, 0) is 6.54 Å². The largest absolute Gasteiger partial charge is 0.507 e. The molecule has 4 aromatic rings. The van der Waals surface area contributed by atoms with Crippen LogP contribution in [-0.4, -0.2) is 36.0 Å². The summed E-state index contributed by atoms with van der Waals surface area (Å²) in [5.41, 5.74) is 5.59. The smallest absolute Gasteiger partial charge is 0.271 e. The lowest BCUT2D eigenvalue weighted by atomic mass is 10.1. The number of nitriles is 1. The fourth-order valence-corrected chi connectivity index (χ4v) is 3.64. The van der Waals surface area contributed by atoms with E-state index in [1.165, 1.54) is 18.2 Å². The number of nitrogens with one attached hydrogen (secondary N) is 1. The normalized spacial score (nSPS) is 10.9. The second-order valence-electron chi connectivity index (χ2n) is 7.49. The van der Waals surface area contributed by atoms with Crippen LogP contribution in [0.2, 0.25) is 0 Å². The molecule has 8 nitrogen and oxygen atoms in total. The zero-order valence-electron chi connectivity index (χ0n) is 18.6. The summed E-state index contributed by atoms with van der Waals surface area (Å²) in [6.07, 6.45) is 3.57. The van der Waals surface area contributed by atoms with E-state index >= 15 is 0 Å². The van der Waals surface area contributed by atoms with Crippen molar-refractivity contribution in [3.05, 3.63) is 89.1 Å². The van der Waals surface area contributed by atoms with Gasteiger partial charge in [-0.3, -0.25) is 4.79 Å². The predicted octanol–water partition coefficient (Wildman–Crippen LogP) is 4.05. The van der Waals surface area contributed by atoms with Gasteiger partial charge in [0.1, 0.15) is 23.3 Å². The number of nitrogens with zero attached hydrogens (tertiary/aromatic N) is 3. The summed E-state index contributed by atoms with van der Waals surface area (Å²) < 4.78 is 12.8. The van der Waals surface area contributed by atoms with Gasteiger partial charge in [-0.05, 0) is 48.0 Å². The Kier molecular flexibility index (Phi) is 6.46. The van der Waals surface area contributed by atoms with Crippen LogP contribution >= 0.6 is 0 Å². The number of ether oxygens (including phenoxy) is 2. The van der Waals surface area contributed by atoms with Crippen LogP contribution in [0.1, 0.15) is 27.0 Å². The summed E-state index contributed by atoms with van der Waals surface area (Å²) in [6.45, 7) is 0.621. The van der Waals surface area contributed by atoms with E-state index in [-0.39, 0.29) is 16.9 Å². The zero-order chi connectivity index (χ0) is 24.1. The number of rotatable bonds is 7. The highest BCUT2D eigenvalue weighted by molar-refractivity contribution is 6.00. The number of hydrogen-bond donors (Lipinski definition) is 2. The molecular formula is C26H22N4O4.